The zero-order valence-corrected chi connectivity index (χ0v) is 13.1. The van der Waals surface area contributed by atoms with Gasteiger partial charge in [0.25, 0.3) is 0 Å². The molecule has 0 unspecified atom stereocenters. The molecule has 5 nitrogen and oxygen atoms in total. The molecule has 2 heterocycles. The lowest BCUT2D eigenvalue weighted by Gasteiger charge is -2.11. The van der Waals surface area contributed by atoms with Crippen LogP contribution < -0.4 is 10.5 Å². The molecule has 0 aliphatic heterocycles. The Labute approximate surface area is 129 Å². The number of fused-ring (bicyclic) bond motifs is 1. The fraction of sp³-hybridized carbons (Fsp3) is 0.294. The number of aryl methyl sites for hydroxylation is 1. The van der Waals surface area contributed by atoms with Crippen LogP contribution in [-0.4, -0.2) is 21.2 Å². The van der Waals surface area contributed by atoms with Gasteiger partial charge in [0.15, 0.2) is 11.5 Å². The highest BCUT2D eigenvalue weighted by Crippen LogP contribution is 2.27. The molecule has 0 aliphatic carbocycles. The minimum atomic E-state index is 0.460. The highest BCUT2D eigenvalue weighted by atomic mass is 16.5. The summed E-state index contributed by atoms with van der Waals surface area (Å²) >= 11 is 0. The number of benzene rings is 1. The number of nitrogens with two attached hydrogens (primary N) is 1. The second-order valence-corrected chi connectivity index (χ2v) is 5.83. The van der Waals surface area contributed by atoms with Gasteiger partial charge < -0.3 is 10.5 Å². The third kappa shape index (κ3) is 2.74. The summed E-state index contributed by atoms with van der Waals surface area (Å²) in [5.41, 5.74) is 9.44. The predicted octanol–water partition coefficient (Wildman–Crippen LogP) is 3.32. The van der Waals surface area contributed by atoms with Gasteiger partial charge in [-0.25, -0.2) is 9.50 Å². The molecule has 114 valence electrons. The lowest BCUT2D eigenvalue weighted by molar-refractivity contribution is 0.272. The van der Waals surface area contributed by atoms with Crippen LogP contribution in [-0.2, 0) is 0 Å². The minimum absolute atomic E-state index is 0.460. The summed E-state index contributed by atoms with van der Waals surface area (Å²) in [5, 5.41) is 4.54. The van der Waals surface area contributed by atoms with Crippen LogP contribution in [0.5, 0.6) is 5.75 Å². The molecular weight excluding hydrogens is 276 g/mol. The Morgan fingerprint density at radius 2 is 2.05 bits per heavy atom. The Balaban J connectivity index is 1.93. The van der Waals surface area contributed by atoms with Crippen molar-refractivity contribution in [3.63, 3.8) is 0 Å². The number of nitrogen functional groups attached to an aromatic ring is 1. The summed E-state index contributed by atoms with van der Waals surface area (Å²) < 4.78 is 7.52. The second-order valence-electron chi connectivity index (χ2n) is 5.83. The molecule has 0 saturated carbocycles. The van der Waals surface area contributed by atoms with Crippen molar-refractivity contribution in [3.05, 3.63) is 42.1 Å². The van der Waals surface area contributed by atoms with Crippen molar-refractivity contribution in [3.8, 4) is 17.1 Å². The van der Waals surface area contributed by atoms with E-state index in [0.717, 1.165) is 16.9 Å². The van der Waals surface area contributed by atoms with E-state index in [0.29, 0.717) is 29.8 Å². The maximum atomic E-state index is 6.08. The van der Waals surface area contributed by atoms with Crippen molar-refractivity contribution in [1.29, 1.82) is 0 Å². The van der Waals surface area contributed by atoms with Gasteiger partial charge >= 0.3 is 0 Å². The summed E-state index contributed by atoms with van der Waals surface area (Å²) in [6.07, 6.45) is 0. The van der Waals surface area contributed by atoms with E-state index < -0.39 is 0 Å². The first-order valence-electron chi connectivity index (χ1n) is 7.39. The normalized spacial score (nSPS) is 11.3. The van der Waals surface area contributed by atoms with Crippen LogP contribution in [0.2, 0.25) is 0 Å². The monoisotopic (exact) mass is 296 g/mol. The van der Waals surface area contributed by atoms with Gasteiger partial charge in [-0.3, -0.25) is 0 Å². The topological polar surface area (TPSA) is 65.4 Å². The number of hydrogen-bond donors (Lipinski definition) is 1. The van der Waals surface area contributed by atoms with E-state index in [2.05, 4.69) is 23.9 Å². The summed E-state index contributed by atoms with van der Waals surface area (Å²) in [5.74, 6) is 1.83. The lowest BCUT2D eigenvalue weighted by atomic mass is 10.2. The number of aromatic nitrogens is 3. The molecular formula is C17H20N4O. The highest BCUT2D eigenvalue weighted by Gasteiger charge is 2.10. The molecule has 3 rings (SSSR count). The number of hydrogen-bond acceptors (Lipinski definition) is 4. The van der Waals surface area contributed by atoms with Crippen molar-refractivity contribution in [1.82, 2.24) is 14.6 Å². The number of pyridine rings is 1. The van der Waals surface area contributed by atoms with Gasteiger partial charge in [0.2, 0.25) is 0 Å². The van der Waals surface area contributed by atoms with E-state index in [4.69, 9.17) is 10.5 Å². The molecule has 2 aromatic heterocycles. The summed E-state index contributed by atoms with van der Waals surface area (Å²) in [7, 11) is 0. The van der Waals surface area contributed by atoms with Crippen LogP contribution in [0.25, 0.3) is 17.0 Å². The molecule has 5 heteroatoms. The van der Waals surface area contributed by atoms with E-state index >= 15 is 0 Å². The first kappa shape index (κ1) is 14.4. The van der Waals surface area contributed by atoms with Crippen molar-refractivity contribution >= 4 is 11.3 Å². The van der Waals surface area contributed by atoms with Gasteiger partial charge in [-0.05, 0) is 43.2 Å². The van der Waals surface area contributed by atoms with E-state index in [1.54, 1.807) is 0 Å². The van der Waals surface area contributed by atoms with Crippen molar-refractivity contribution in [2.75, 3.05) is 12.3 Å². The molecule has 2 N–H and O–H groups in total. The Morgan fingerprint density at radius 1 is 1.23 bits per heavy atom. The maximum Gasteiger partial charge on any atom is 0.182 e. The molecule has 0 spiro atoms. The number of rotatable bonds is 4. The van der Waals surface area contributed by atoms with Gasteiger partial charge in [0.05, 0.1) is 12.3 Å². The van der Waals surface area contributed by atoms with Crippen molar-refractivity contribution < 1.29 is 4.74 Å². The molecule has 0 bridgehead atoms. The molecule has 3 aromatic rings. The average Bonchev–Trinajstić information content (AvgIpc) is 2.91. The Hall–Kier alpha value is -2.56. The van der Waals surface area contributed by atoms with E-state index in [9.17, 15) is 0 Å². The lowest BCUT2D eigenvalue weighted by Crippen LogP contribution is -2.06. The Bertz CT molecular complexity index is 808. The fourth-order valence-corrected chi connectivity index (χ4v) is 2.23. The van der Waals surface area contributed by atoms with Crippen LogP contribution in [0.1, 0.15) is 19.5 Å². The third-order valence-electron chi connectivity index (χ3n) is 3.39. The number of ether oxygens (including phenoxy) is 1. The van der Waals surface area contributed by atoms with Gasteiger partial charge in [-0.15, -0.1) is 5.10 Å². The molecule has 0 saturated heterocycles. The summed E-state index contributed by atoms with van der Waals surface area (Å²) in [6, 6.07) is 11.6. The van der Waals surface area contributed by atoms with E-state index in [1.165, 1.54) is 0 Å². The van der Waals surface area contributed by atoms with E-state index in [1.807, 2.05) is 47.8 Å². The van der Waals surface area contributed by atoms with E-state index in [-0.39, 0.29) is 0 Å². The first-order chi connectivity index (χ1) is 10.5. The maximum absolute atomic E-state index is 6.08. The van der Waals surface area contributed by atoms with Crippen molar-refractivity contribution in [2.24, 2.45) is 5.92 Å². The Morgan fingerprint density at radius 3 is 2.73 bits per heavy atom. The van der Waals surface area contributed by atoms with Crippen LogP contribution in [0.3, 0.4) is 0 Å². The Kier molecular flexibility index (Phi) is 3.71. The minimum Gasteiger partial charge on any atom is -0.491 e. The van der Waals surface area contributed by atoms with Crippen LogP contribution in [0.15, 0.2) is 36.4 Å². The van der Waals surface area contributed by atoms with Gasteiger partial charge in [-0.2, -0.15) is 0 Å². The fourth-order valence-electron chi connectivity index (χ4n) is 2.23. The molecule has 0 amide bonds. The molecule has 0 aliphatic rings. The number of anilines is 1. The highest BCUT2D eigenvalue weighted by molar-refractivity contribution is 5.67. The summed E-state index contributed by atoms with van der Waals surface area (Å²) in [4.78, 5) is 4.54. The number of nitrogens with zero attached hydrogens (tertiary/aromatic N) is 3. The van der Waals surface area contributed by atoms with Crippen LogP contribution in [0, 0.1) is 12.8 Å². The SMILES string of the molecule is Cc1cccc2nc(-c3ccc(OCC(C)C)c(N)c3)nn12. The quantitative estimate of drug-likeness (QED) is 0.750. The molecule has 1 aromatic carbocycles. The second kappa shape index (κ2) is 5.67. The molecule has 0 fully saturated rings. The van der Waals surface area contributed by atoms with Gasteiger partial charge in [0.1, 0.15) is 5.75 Å². The largest absolute Gasteiger partial charge is 0.491 e. The zero-order valence-electron chi connectivity index (χ0n) is 13.1. The predicted molar refractivity (Wildman–Crippen MR) is 87.9 cm³/mol. The first-order valence-corrected chi connectivity index (χ1v) is 7.39. The average molecular weight is 296 g/mol. The molecule has 0 radical (unpaired) electrons. The van der Waals surface area contributed by atoms with Crippen LogP contribution >= 0.6 is 0 Å². The smallest absolute Gasteiger partial charge is 0.182 e. The third-order valence-corrected chi connectivity index (χ3v) is 3.39. The standard InChI is InChI=1S/C17H20N4O/c1-11(2)10-22-15-8-7-13(9-14(15)18)17-19-16-6-4-5-12(3)21(16)20-17/h4-9,11H,10,18H2,1-3H3. The zero-order chi connectivity index (χ0) is 15.7. The van der Waals surface area contributed by atoms with Gasteiger partial charge in [-0.1, -0.05) is 19.9 Å². The summed E-state index contributed by atoms with van der Waals surface area (Å²) in [6.45, 7) is 6.86. The molecule has 0 atom stereocenters. The van der Waals surface area contributed by atoms with Gasteiger partial charge in [0, 0.05) is 11.3 Å². The van der Waals surface area contributed by atoms with Crippen molar-refractivity contribution in [2.45, 2.75) is 20.8 Å². The van der Waals surface area contributed by atoms with Crippen LogP contribution in [0.4, 0.5) is 5.69 Å². The molecule has 22 heavy (non-hydrogen) atoms.